The zero-order valence-electron chi connectivity index (χ0n) is 22.0. The van der Waals surface area contributed by atoms with Crippen molar-refractivity contribution in [3.05, 3.63) is 51.6 Å². The van der Waals surface area contributed by atoms with Crippen LogP contribution >= 0.6 is 0 Å². The molecule has 4 unspecified atom stereocenters. The molecule has 1 heterocycles. The lowest BCUT2D eigenvalue weighted by Gasteiger charge is -2.30. The lowest BCUT2D eigenvalue weighted by Crippen LogP contribution is -2.22. The van der Waals surface area contributed by atoms with E-state index in [2.05, 4.69) is 0 Å². The molecule has 0 radical (unpaired) electrons. The molecule has 198 valence electrons. The molecular formula is C30H36O7. The van der Waals surface area contributed by atoms with E-state index in [0.717, 1.165) is 29.9 Å². The summed E-state index contributed by atoms with van der Waals surface area (Å²) in [5.74, 6) is 0.919. The maximum atomic E-state index is 13.1. The van der Waals surface area contributed by atoms with Gasteiger partial charge in [0.2, 0.25) is 0 Å². The summed E-state index contributed by atoms with van der Waals surface area (Å²) in [6.45, 7) is 5.79. The number of carbonyl (C=O) groups excluding carboxylic acids is 1. The summed E-state index contributed by atoms with van der Waals surface area (Å²) in [5.41, 5.74) is 2.73. The van der Waals surface area contributed by atoms with Crippen LogP contribution in [0.3, 0.4) is 0 Å². The van der Waals surface area contributed by atoms with Crippen molar-refractivity contribution in [2.45, 2.75) is 72.0 Å². The average Bonchev–Trinajstić information content (AvgIpc) is 3.46. The van der Waals surface area contributed by atoms with Gasteiger partial charge in [0, 0.05) is 11.1 Å². The van der Waals surface area contributed by atoms with Gasteiger partial charge in [-0.3, -0.25) is 0 Å². The fourth-order valence-electron chi connectivity index (χ4n) is 6.90. The van der Waals surface area contributed by atoms with E-state index in [9.17, 15) is 19.8 Å². The molecule has 1 aliphatic heterocycles. The van der Waals surface area contributed by atoms with Gasteiger partial charge in [-0.2, -0.15) is 0 Å². The van der Waals surface area contributed by atoms with Crippen molar-refractivity contribution in [2.24, 2.45) is 23.7 Å². The Morgan fingerprint density at radius 3 is 2.62 bits per heavy atom. The molecule has 0 saturated heterocycles. The van der Waals surface area contributed by atoms with Crippen LogP contribution in [0.5, 0.6) is 17.2 Å². The largest absolute Gasteiger partial charge is 0.496 e. The molecule has 2 aliphatic carbocycles. The number of benzene rings is 2. The zero-order chi connectivity index (χ0) is 26.4. The Kier molecular flexibility index (Phi) is 6.92. The van der Waals surface area contributed by atoms with Crippen LogP contribution in [0.15, 0.2) is 18.2 Å². The Balaban J connectivity index is 1.73. The highest BCUT2D eigenvalue weighted by Crippen LogP contribution is 2.51. The first-order valence-corrected chi connectivity index (χ1v) is 13.3. The Morgan fingerprint density at radius 2 is 2.00 bits per heavy atom. The molecule has 2 N–H and O–H groups in total. The molecule has 2 saturated carbocycles. The van der Waals surface area contributed by atoms with Gasteiger partial charge in [0.15, 0.2) is 0 Å². The third-order valence-electron chi connectivity index (χ3n) is 8.56. The van der Waals surface area contributed by atoms with Crippen molar-refractivity contribution in [1.29, 1.82) is 0 Å². The number of aliphatic hydroxyl groups excluding tert-OH is 1. The number of carbonyl (C=O) groups is 2. The monoisotopic (exact) mass is 508 g/mol. The van der Waals surface area contributed by atoms with Crippen LogP contribution in [-0.2, 0) is 17.8 Å². The van der Waals surface area contributed by atoms with Crippen LogP contribution in [0, 0.1) is 30.6 Å². The molecule has 3 aliphatic rings. The van der Waals surface area contributed by atoms with E-state index in [-0.39, 0.29) is 40.9 Å². The molecule has 5 rings (SSSR count). The van der Waals surface area contributed by atoms with E-state index in [1.165, 1.54) is 26.4 Å². The molecule has 0 aromatic heterocycles. The second-order valence-corrected chi connectivity index (χ2v) is 11.3. The van der Waals surface area contributed by atoms with Crippen molar-refractivity contribution < 1.29 is 34.0 Å². The number of aliphatic hydroxyl groups is 1. The van der Waals surface area contributed by atoms with Gasteiger partial charge in [0.1, 0.15) is 35.0 Å². The van der Waals surface area contributed by atoms with E-state index >= 15 is 0 Å². The third kappa shape index (κ3) is 4.58. The molecule has 0 amide bonds. The Labute approximate surface area is 217 Å². The Morgan fingerprint density at radius 1 is 1.22 bits per heavy atom. The maximum Gasteiger partial charge on any atom is 0.346 e. The van der Waals surface area contributed by atoms with Crippen molar-refractivity contribution in [1.82, 2.24) is 0 Å². The van der Waals surface area contributed by atoms with Crippen molar-refractivity contribution in [3.8, 4) is 17.2 Å². The van der Waals surface area contributed by atoms with E-state index in [1.54, 1.807) is 18.2 Å². The van der Waals surface area contributed by atoms with Crippen LogP contribution in [0.25, 0.3) is 0 Å². The summed E-state index contributed by atoms with van der Waals surface area (Å²) in [6, 6.07) is 4.93. The number of carboxylic acids is 1. The number of methoxy groups -OCH3 is 1. The van der Waals surface area contributed by atoms with Gasteiger partial charge in [-0.1, -0.05) is 26.3 Å². The smallest absolute Gasteiger partial charge is 0.346 e. The fraction of sp³-hybridized carbons (Fsp3) is 0.533. The number of ether oxygens (including phenoxy) is 3. The van der Waals surface area contributed by atoms with Gasteiger partial charge >= 0.3 is 11.9 Å². The lowest BCUT2D eigenvalue weighted by atomic mass is 9.79. The SMILES string of the molecule is COc1cccc2c1C(=O)OCc1c(CC3CC4CCC3C4)c(C)c(C(O)CC(C)C)c(C(=O)O)c1O2. The van der Waals surface area contributed by atoms with Crippen molar-refractivity contribution >= 4 is 11.9 Å². The van der Waals surface area contributed by atoms with Gasteiger partial charge in [-0.25, -0.2) is 9.59 Å². The Hall–Kier alpha value is -3.06. The summed E-state index contributed by atoms with van der Waals surface area (Å²) in [7, 11) is 1.45. The molecule has 2 bridgehead atoms. The van der Waals surface area contributed by atoms with Crippen LogP contribution in [0.1, 0.15) is 95.0 Å². The molecule has 4 atom stereocenters. The van der Waals surface area contributed by atoms with Crippen molar-refractivity contribution in [3.63, 3.8) is 0 Å². The van der Waals surface area contributed by atoms with Gasteiger partial charge in [0.05, 0.1) is 13.2 Å². The highest BCUT2D eigenvalue weighted by Gasteiger charge is 2.41. The number of esters is 1. The van der Waals surface area contributed by atoms with Crippen molar-refractivity contribution in [2.75, 3.05) is 7.11 Å². The van der Waals surface area contributed by atoms with E-state index < -0.39 is 18.0 Å². The third-order valence-corrected chi connectivity index (χ3v) is 8.56. The summed E-state index contributed by atoms with van der Waals surface area (Å²) in [5, 5.41) is 21.7. The summed E-state index contributed by atoms with van der Waals surface area (Å²) < 4.78 is 17.5. The molecule has 2 aromatic carbocycles. The number of hydrogen-bond donors (Lipinski definition) is 2. The average molecular weight is 509 g/mol. The molecule has 2 fully saturated rings. The maximum absolute atomic E-state index is 13.1. The molecule has 2 aromatic rings. The first-order valence-electron chi connectivity index (χ1n) is 13.3. The van der Waals surface area contributed by atoms with E-state index in [4.69, 9.17) is 14.2 Å². The number of cyclic esters (lactones) is 1. The molecule has 7 heteroatoms. The summed E-state index contributed by atoms with van der Waals surface area (Å²) >= 11 is 0. The minimum Gasteiger partial charge on any atom is -0.496 e. The highest BCUT2D eigenvalue weighted by molar-refractivity contribution is 5.98. The number of carboxylic acid groups (broad SMARTS) is 1. The predicted molar refractivity (Wildman–Crippen MR) is 137 cm³/mol. The number of fused-ring (bicyclic) bond motifs is 4. The Bertz CT molecular complexity index is 1230. The zero-order valence-corrected chi connectivity index (χ0v) is 22.0. The van der Waals surface area contributed by atoms with Crippen LogP contribution in [0.2, 0.25) is 0 Å². The first kappa shape index (κ1) is 25.6. The van der Waals surface area contributed by atoms with Gasteiger partial charge in [0.25, 0.3) is 0 Å². The number of aromatic carboxylic acids is 1. The second-order valence-electron chi connectivity index (χ2n) is 11.3. The lowest BCUT2D eigenvalue weighted by molar-refractivity contribution is 0.0453. The van der Waals surface area contributed by atoms with Crippen LogP contribution < -0.4 is 9.47 Å². The predicted octanol–water partition coefficient (Wildman–Crippen LogP) is 6.22. The molecule has 0 spiro atoms. The number of rotatable bonds is 7. The highest BCUT2D eigenvalue weighted by atomic mass is 16.5. The topological polar surface area (TPSA) is 102 Å². The van der Waals surface area contributed by atoms with Crippen LogP contribution in [-0.4, -0.2) is 29.3 Å². The molecule has 37 heavy (non-hydrogen) atoms. The minimum atomic E-state index is -1.18. The van der Waals surface area contributed by atoms with Gasteiger partial charge < -0.3 is 24.4 Å². The molecular weight excluding hydrogens is 472 g/mol. The van der Waals surface area contributed by atoms with Gasteiger partial charge in [-0.15, -0.1) is 0 Å². The normalized spacial score (nSPS) is 23.0. The van der Waals surface area contributed by atoms with Crippen LogP contribution in [0.4, 0.5) is 0 Å². The standard InChI is InChI=1S/C30H36O7/c1-15(2)10-22(31)25-16(3)20(13-19-12-17-8-9-18(19)11-17)21-14-36-30(34)26-23(35-4)6-5-7-24(26)37-28(21)27(25)29(32)33/h5-7,15,17-19,22,31H,8-14H2,1-4H3,(H,32,33). The quantitative estimate of drug-likeness (QED) is 0.428. The van der Waals surface area contributed by atoms with E-state index in [0.29, 0.717) is 29.4 Å². The minimum absolute atomic E-state index is 0.0657. The first-order chi connectivity index (χ1) is 17.7. The van der Waals surface area contributed by atoms with Gasteiger partial charge in [-0.05, 0) is 86.0 Å². The van der Waals surface area contributed by atoms with E-state index in [1.807, 2.05) is 20.8 Å². The summed E-state index contributed by atoms with van der Waals surface area (Å²) in [4.78, 5) is 25.8. The second kappa shape index (κ2) is 10.0. The molecule has 7 nitrogen and oxygen atoms in total. The fourth-order valence-corrected chi connectivity index (χ4v) is 6.90. The number of hydrogen-bond acceptors (Lipinski definition) is 6. The summed E-state index contributed by atoms with van der Waals surface area (Å²) in [6.07, 6.45) is 5.13.